The Hall–Kier alpha value is -5.20. The number of fused-ring (bicyclic) bond motifs is 4. The van der Waals surface area contributed by atoms with Gasteiger partial charge in [0, 0.05) is 0 Å². The van der Waals surface area contributed by atoms with Gasteiger partial charge in [-0.05, 0) is 88.6 Å². The lowest BCUT2D eigenvalue weighted by atomic mass is 9.85. The quantitative estimate of drug-likeness (QED) is 0.203. The van der Waals surface area contributed by atoms with E-state index < -0.39 is 107 Å². The van der Waals surface area contributed by atoms with Crippen molar-refractivity contribution in [2.45, 2.75) is 0 Å². The summed E-state index contributed by atoms with van der Waals surface area (Å²) < 4.78 is 133. The number of rotatable bonds is 3. The molecule has 8 aromatic rings. The molecule has 0 saturated heterocycles. The fourth-order valence-electron chi connectivity index (χ4n) is 5.39. The molecule has 0 atom stereocenters. The van der Waals surface area contributed by atoms with Crippen LogP contribution in [0.2, 0.25) is 0 Å². The molecule has 0 fully saturated rings. The highest BCUT2D eigenvalue weighted by Gasteiger charge is 2.17. The van der Waals surface area contributed by atoms with Crippen LogP contribution in [0.4, 0.5) is 0 Å². The second-order valence-corrected chi connectivity index (χ2v) is 9.36. The molecule has 0 aliphatic heterocycles. The predicted molar refractivity (Wildman–Crippen MR) is 173 cm³/mol. The summed E-state index contributed by atoms with van der Waals surface area (Å²) in [7, 11) is 0. The summed E-state index contributed by atoms with van der Waals surface area (Å²) in [4.78, 5) is 0. The average molecular weight is 522 g/mol. The monoisotopic (exact) mass is 521 g/mol. The normalized spacial score (nSPS) is 16.8. The molecule has 40 heavy (non-hydrogen) atoms. The average Bonchev–Trinajstić information content (AvgIpc) is 3.19. The molecule has 0 aromatic heterocycles. The van der Waals surface area contributed by atoms with E-state index in [1.54, 1.807) is 18.2 Å². The van der Waals surface area contributed by atoms with Crippen molar-refractivity contribution in [1.29, 1.82) is 0 Å². The summed E-state index contributed by atoms with van der Waals surface area (Å²) in [6.07, 6.45) is 0. The zero-order valence-electron chi connectivity index (χ0n) is 35.9. The van der Waals surface area contributed by atoms with Gasteiger partial charge >= 0.3 is 0 Å². The molecule has 0 spiro atoms. The summed E-state index contributed by atoms with van der Waals surface area (Å²) in [5.74, 6) is 0. The molecule has 0 radical (unpaired) electrons. The highest BCUT2D eigenvalue weighted by atomic mass is 14.2. The van der Waals surface area contributed by atoms with Crippen molar-refractivity contribution in [3.05, 3.63) is 157 Å². The molecular formula is C40H26. The first-order chi connectivity index (χ1) is 26.1. The molecule has 0 aliphatic rings. The standard InChI is InChI=1S/C40H26/c1-2-13-29-25-32(24-23-27(29)11-1)40-37-20-7-5-18-35(37)39(36-19-6-8-21-38(36)40)31-16-9-15-30(26-31)34-22-10-14-28-12-3-4-17-33(28)34/h1-26H/i1D,2D,5D,6D,7D,8D,11D,13D,18D,19D,20D,21D,23D,24D,25D. The second kappa shape index (κ2) is 9.22. The molecule has 0 heterocycles. The first-order valence-corrected chi connectivity index (χ1v) is 12.6. The van der Waals surface area contributed by atoms with Gasteiger partial charge in [-0.1, -0.05) is 145 Å². The van der Waals surface area contributed by atoms with Crippen molar-refractivity contribution < 1.29 is 20.6 Å². The van der Waals surface area contributed by atoms with Crippen LogP contribution in [-0.2, 0) is 0 Å². The van der Waals surface area contributed by atoms with E-state index in [0.717, 1.165) is 16.3 Å². The second-order valence-electron chi connectivity index (χ2n) is 9.36. The van der Waals surface area contributed by atoms with Gasteiger partial charge in [0.05, 0.1) is 20.6 Å². The highest BCUT2D eigenvalue weighted by Crippen LogP contribution is 2.44. The Morgan fingerprint density at radius 1 is 0.375 bits per heavy atom. The van der Waals surface area contributed by atoms with Crippen LogP contribution in [-0.4, -0.2) is 0 Å². The molecule has 8 rings (SSSR count). The summed E-state index contributed by atoms with van der Waals surface area (Å²) >= 11 is 0. The zero-order chi connectivity index (χ0) is 39.5. The lowest BCUT2D eigenvalue weighted by Crippen LogP contribution is -1.91. The number of hydrogen-bond donors (Lipinski definition) is 0. The molecule has 0 N–H and O–H groups in total. The minimum absolute atomic E-state index is 0.0571. The van der Waals surface area contributed by atoms with E-state index in [1.807, 2.05) is 48.5 Å². The van der Waals surface area contributed by atoms with Crippen molar-refractivity contribution in [2.24, 2.45) is 0 Å². The van der Waals surface area contributed by atoms with E-state index in [4.69, 9.17) is 12.3 Å². The van der Waals surface area contributed by atoms with Crippen LogP contribution < -0.4 is 0 Å². The van der Waals surface area contributed by atoms with E-state index >= 15 is 0 Å². The largest absolute Gasteiger partial charge is 0.0636 e. The SMILES string of the molecule is [2H]c1c([2H])c([2H])c2c([2H])c(-c3c4c([2H])c([2H])c([2H])c([2H])c4c(-c4cccc(-c5cccc6ccccc56)c4)c4c([2H])c([2H])c([2H])c([2H])c34)c([2H])c([2H])c2c1[2H]. The Labute approximate surface area is 254 Å². The van der Waals surface area contributed by atoms with Crippen molar-refractivity contribution in [3.63, 3.8) is 0 Å². The topological polar surface area (TPSA) is 0 Å². The fourth-order valence-corrected chi connectivity index (χ4v) is 5.39. The predicted octanol–water partition coefficient (Wildman–Crippen LogP) is 11.3. The Morgan fingerprint density at radius 3 is 1.70 bits per heavy atom. The van der Waals surface area contributed by atoms with Crippen molar-refractivity contribution in [1.82, 2.24) is 0 Å². The summed E-state index contributed by atoms with van der Waals surface area (Å²) in [6, 6.07) is 10.8. The first kappa shape index (κ1) is 12.3. The lowest BCUT2D eigenvalue weighted by molar-refractivity contribution is 1.63. The molecule has 0 aliphatic carbocycles. The van der Waals surface area contributed by atoms with Gasteiger partial charge in [0.2, 0.25) is 0 Å². The summed E-state index contributed by atoms with van der Waals surface area (Å²) in [6.45, 7) is 0. The van der Waals surface area contributed by atoms with E-state index in [2.05, 4.69) is 0 Å². The van der Waals surface area contributed by atoms with Gasteiger partial charge in [0.25, 0.3) is 0 Å². The van der Waals surface area contributed by atoms with Gasteiger partial charge < -0.3 is 0 Å². The van der Waals surface area contributed by atoms with Crippen LogP contribution in [0.1, 0.15) is 20.6 Å². The third kappa shape index (κ3) is 3.61. The Morgan fingerprint density at radius 2 is 0.950 bits per heavy atom. The Balaban J connectivity index is 1.65. The third-order valence-electron chi connectivity index (χ3n) is 7.13. The van der Waals surface area contributed by atoms with Crippen LogP contribution in [0, 0.1) is 0 Å². The maximum atomic E-state index is 9.38. The summed E-state index contributed by atoms with van der Waals surface area (Å²) in [5, 5.41) is 0.206. The number of hydrogen-bond acceptors (Lipinski definition) is 0. The van der Waals surface area contributed by atoms with Crippen LogP contribution in [0.15, 0.2) is 157 Å². The van der Waals surface area contributed by atoms with Crippen molar-refractivity contribution in [3.8, 4) is 33.4 Å². The molecule has 8 aromatic carbocycles. The van der Waals surface area contributed by atoms with Crippen LogP contribution >= 0.6 is 0 Å². The van der Waals surface area contributed by atoms with E-state index in [1.165, 1.54) is 0 Å². The molecule has 0 unspecified atom stereocenters. The molecule has 0 saturated carbocycles. The van der Waals surface area contributed by atoms with Crippen LogP contribution in [0.25, 0.3) is 76.5 Å². The Kier molecular flexibility index (Phi) is 2.84. The Bertz CT molecular complexity index is 2960. The maximum absolute atomic E-state index is 9.38. The van der Waals surface area contributed by atoms with Gasteiger partial charge in [-0.3, -0.25) is 0 Å². The molecule has 186 valence electrons. The number of benzene rings is 8. The van der Waals surface area contributed by atoms with E-state index in [-0.39, 0.29) is 32.7 Å². The minimum atomic E-state index is -0.726. The van der Waals surface area contributed by atoms with Gasteiger partial charge in [-0.25, -0.2) is 0 Å². The van der Waals surface area contributed by atoms with Gasteiger partial charge in [0.15, 0.2) is 0 Å². The molecular weight excluding hydrogens is 480 g/mol. The highest BCUT2D eigenvalue weighted by molar-refractivity contribution is 6.22. The van der Waals surface area contributed by atoms with Crippen molar-refractivity contribution >= 4 is 43.1 Å². The van der Waals surface area contributed by atoms with Gasteiger partial charge in [-0.2, -0.15) is 0 Å². The zero-order valence-corrected chi connectivity index (χ0v) is 20.9. The maximum Gasteiger partial charge on any atom is 0.0636 e. The molecule has 0 heteroatoms. The molecule has 0 bridgehead atoms. The van der Waals surface area contributed by atoms with E-state index in [0.29, 0.717) is 11.1 Å². The lowest BCUT2D eigenvalue weighted by Gasteiger charge is -2.18. The van der Waals surface area contributed by atoms with Crippen molar-refractivity contribution in [2.75, 3.05) is 0 Å². The van der Waals surface area contributed by atoms with Crippen LogP contribution in [0.5, 0.6) is 0 Å². The first-order valence-electron chi connectivity index (χ1n) is 20.1. The van der Waals surface area contributed by atoms with Crippen LogP contribution in [0.3, 0.4) is 0 Å². The molecule has 0 amide bonds. The smallest absolute Gasteiger partial charge is 0.0616 e. The molecule has 0 nitrogen and oxygen atoms in total. The minimum Gasteiger partial charge on any atom is -0.0616 e. The van der Waals surface area contributed by atoms with Gasteiger partial charge in [-0.15, -0.1) is 0 Å². The summed E-state index contributed by atoms with van der Waals surface area (Å²) in [5.41, 5.74) is 1.13. The fraction of sp³-hybridized carbons (Fsp3) is 0. The third-order valence-corrected chi connectivity index (χ3v) is 7.13. The van der Waals surface area contributed by atoms with Gasteiger partial charge in [0.1, 0.15) is 0 Å². The van der Waals surface area contributed by atoms with E-state index in [9.17, 15) is 8.22 Å².